The van der Waals surface area contributed by atoms with Gasteiger partial charge >= 0.3 is 6.03 Å². The van der Waals surface area contributed by atoms with E-state index in [9.17, 15) is 13.6 Å². The summed E-state index contributed by atoms with van der Waals surface area (Å²) in [5.41, 5.74) is 3.61. The zero-order valence-electron chi connectivity index (χ0n) is 19.1. The number of halogens is 2. The second kappa shape index (κ2) is 9.55. The van der Waals surface area contributed by atoms with Gasteiger partial charge in [-0.1, -0.05) is 42.5 Å². The van der Waals surface area contributed by atoms with Crippen LogP contribution in [-0.4, -0.2) is 35.6 Å². The zero-order valence-corrected chi connectivity index (χ0v) is 19.1. The number of rotatable bonds is 6. The first kappa shape index (κ1) is 22.5. The minimum Gasteiger partial charge on any atom is -0.330 e. The van der Waals surface area contributed by atoms with Crippen LogP contribution in [0.4, 0.5) is 19.3 Å². The van der Waals surface area contributed by atoms with Crippen molar-refractivity contribution in [1.82, 2.24) is 10.2 Å². The van der Waals surface area contributed by atoms with Gasteiger partial charge in [-0.2, -0.15) is 0 Å². The monoisotopic (exact) mass is 461 g/mol. The average molecular weight is 462 g/mol. The Balaban J connectivity index is 1.33. The van der Waals surface area contributed by atoms with Crippen LogP contribution in [0.1, 0.15) is 29.5 Å². The number of nitrogens with zero attached hydrogens (tertiary/aromatic N) is 1. The summed E-state index contributed by atoms with van der Waals surface area (Å²) in [5.74, 6) is -0.607. The molecule has 3 aromatic carbocycles. The molecule has 4 nitrogen and oxygen atoms in total. The average Bonchev–Trinajstić information content (AvgIpc) is 3.38. The van der Waals surface area contributed by atoms with Crippen LogP contribution in [0, 0.1) is 11.6 Å². The molecule has 2 amide bonds. The molecule has 0 radical (unpaired) electrons. The van der Waals surface area contributed by atoms with Gasteiger partial charge < -0.3 is 10.6 Å². The normalized spacial score (nSPS) is 19.1. The van der Waals surface area contributed by atoms with Gasteiger partial charge in [-0.25, -0.2) is 13.6 Å². The number of urea groups is 1. The van der Waals surface area contributed by atoms with Gasteiger partial charge in [0.1, 0.15) is 11.6 Å². The maximum atomic E-state index is 13.6. The molecular weight excluding hydrogens is 432 g/mol. The first-order valence-electron chi connectivity index (χ1n) is 11.9. The minimum absolute atomic E-state index is 0.219. The van der Waals surface area contributed by atoms with Gasteiger partial charge in [0.25, 0.3) is 0 Å². The van der Waals surface area contributed by atoms with E-state index >= 15 is 0 Å². The summed E-state index contributed by atoms with van der Waals surface area (Å²) in [6, 6.07) is 21.0. The molecule has 3 aromatic rings. The molecule has 6 heteroatoms. The summed E-state index contributed by atoms with van der Waals surface area (Å²) in [4.78, 5) is 15.5. The molecule has 5 rings (SSSR count). The van der Waals surface area contributed by atoms with Gasteiger partial charge in [-0.3, -0.25) is 4.90 Å². The fourth-order valence-electron chi connectivity index (χ4n) is 5.52. The van der Waals surface area contributed by atoms with E-state index in [0.717, 1.165) is 50.8 Å². The number of hydrogen-bond donors (Lipinski definition) is 2. The van der Waals surface area contributed by atoms with Gasteiger partial charge in [0.2, 0.25) is 0 Å². The molecule has 0 spiro atoms. The molecule has 2 aliphatic rings. The van der Waals surface area contributed by atoms with Crippen molar-refractivity contribution >= 4 is 11.7 Å². The number of amides is 2. The van der Waals surface area contributed by atoms with Crippen LogP contribution in [0.3, 0.4) is 0 Å². The smallest absolute Gasteiger partial charge is 0.319 e. The Bertz CT molecular complexity index is 1140. The van der Waals surface area contributed by atoms with Crippen molar-refractivity contribution in [2.75, 3.05) is 18.4 Å². The third kappa shape index (κ3) is 5.12. The molecule has 34 heavy (non-hydrogen) atoms. The second-order valence-corrected chi connectivity index (χ2v) is 9.59. The molecule has 1 fully saturated rings. The summed E-state index contributed by atoms with van der Waals surface area (Å²) in [6.45, 7) is 1.70. The summed E-state index contributed by atoms with van der Waals surface area (Å²) in [6.07, 6.45) is 4.54. The number of fused-ring (bicyclic) bond motifs is 1. The van der Waals surface area contributed by atoms with Crippen LogP contribution >= 0.6 is 0 Å². The number of benzene rings is 3. The highest BCUT2D eigenvalue weighted by Gasteiger charge is 2.42. The largest absolute Gasteiger partial charge is 0.330 e. The lowest BCUT2D eigenvalue weighted by Gasteiger charge is -2.37. The van der Waals surface area contributed by atoms with Gasteiger partial charge in [0, 0.05) is 18.3 Å². The topological polar surface area (TPSA) is 44.4 Å². The van der Waals surface area contributed by atoms with Crippen molar-refractivity contribution < 1.29 is 13.6 Å². The molecule has 1 saturated heterocycles. The highest BCUT2D eigenvalue weighted by Crippen LogP contribution is 2.33. The van der Waals surface area contributed by atoms with E-state index in [4.69, 9.17) is 0 Å². The summed E-state index contributed by atoms with van der Waals surface area (Å²) >= 11 is 0. The number of likely N-dealkylation sites (tertiary alicyclic amines) is 1. The predicted octanol–water partition coefficient (Wildman–Crippen LogP) is 5.33. The van der Waals surface area contributed by atoms with Crippen molar-refractivity contribution in [3.63, 3.8) is 0 Å². The quantitative estimate of drug-likeness (QED) is 0.521. The number of nitrogens with one attached hydrogen (secondary N) is 2. The predicted molar refractivity (Wildman–Crippen MR) is 130 cm³/mol. The van der Waals surface area contributed by atoms with Crippen LogP contribution < -0.4 is 10.6 Å². The van der Waals surface area contributed by atoms with E-state index in [1.807, 2.05) is 24.3 Å². The summed E-state index contributed by atoms with van der Waals surface area (Å²) in [5, 5.41) is 6.06. The number of hydrogen-bond acceptors (Lipinski definition) is 2. The van der Waals surface area contributed by atoms with Crippen molar-refractivity contribution in [2.24, 2.45) is 0 Å². The molecule has 1 aliphatic heterocycles. The van der Waals surface area contributed by atoms with Gasteiger partial charge in [-0.15, -0.1) is 0 Å². The number of carbonyl (C=O) groups excluding carboxylic acids is 1. The minimum atomic E-state index is -0.452. The van der Waals surface area contributed by atoms with Gasteiger partial charge in [-0.05, 0) is 85.7 Å². The van der Waals surface area contributed by atoms with Crippen LogP contribution in [0.15, 0.2) is 72.8 Å². The molecule has 1 atom stereocenters. The maximum absolute atomic E-state index is 13.6. The SMILES string of the molecule is O=C(Nc1cccc(F)c1)NC1(CN2CCCC2Cc2ccc(F)cc2)Cc2ccccc2C1. The Labute approximate surface area is 199 Å². The lowest BCUT2D eigenvalue weighted by molar-refractivity contribution is 0.171. The summed E-state index contributed by atoms with van der Waals surface area (Å²) in [7, 11) is 0. The van der Waals surface area contributed by atoms with Crippen molar-refractivity contribution in [2.45, 2.75) is 43.7 Å². The van der Waals surface area contributed by atoms with E-state index in [0.29, 0.717) is 11.7 Å². The Morgan fingerprint density at radius 3 is 2.38 bits per heavy atom. The van der Waals surface area contributed by atoms with Crippen LogP contribution in [-0.2, 0) is 19.3 Å². The molecule has 0 bridgehead atoms. The molecule has 1 heterocycles. The van der Waals surface area contributed by atoms with Crippen molar-refractivity contribution in [3.8, 4) is 0 Å². The lowest BCUT2D eigenvalue weighted by atomic mass is 9.93. The van der Waals surface area contributed by atoms with Crippen LogP contribution in [0.25, 0.3) is 0 Å². The first-order chi connectivity index (χ1) is 16.5. The lowest BCUT2D eigenvalue weighted by Crippen LogP contribution is -2.58. The van der Waals surface area contributed by atoms with Crippen molar-refractivity contribution in [3.05, 3.63) is 101 Å². The molecule has 0 aromatic heterocycles. The third-order valence-corrected chi connectivity index (χ3v) is 7.03. The standard InChI is InChI=1S/C28H29F2N3O/c29-23-12-10-20(11-13-23)15-26-9-4-14-33(26)19-28(17-21-5-1-2-6-22(21)18-28)32-27(34)31-25-8-3-7-24(30)16-25/h1-3,5-8,10-13,16,26H,4,9,14-15,17-19H2,(H2,31,32,34). The number of carbonyl (C=O) groups is 1. The molecule has 1 unspecified atom stereocenters. The highest BCUT2D eigenvalue weighted by molar-refractivity contribution is 5.90. The highest BCUT2D eigenvalue weighted by atomic mass is 19.1. The third-order valence-electron chi connectivity index (χ3n) is 7.03. The Hall–Kier alpha value is -3.25. The van der Waals surface area contributed by atoms with Gasteiger partial charge in [0.15, 0.2) is 0 Å². The van der Waals surface area contributed by atoms with Crippen LogP contribution in [0.5, 0.6) is 0 Å². The van der Waals surface area contributed by atoms with Crippen molar-refractivity contribution in [1.29, 1.82) is 0 Å². The molecule has 0 saturated carbocycles. The fraction of sp³-hybridized carbons (Fsp3) is 0.321. The first-order valence-corrected chi connectivity index (χ1v) is 11.9. The van der Waals surface area contributed by atoms with E-state index < -0.39 is 5.54 Å². The Morgan fingerprint density at radius 2 is 1.68 bits per heavy atom. The molecule has 176 valence electrons. The van der Waals surface area contributed by atoms with E-state index in [2.05, 4.69) is 27.7 Å². The molecule has 2 N–H and O–H groups in total. The molecular formula is C28H29F2N3O. The fourth-order valence-corrected chi connectivity index (χ4v) is 5.52. The second-order valence-electron chi connectivity index (χ2n) is 9.59. The van der Waals surface area contributed by atoms with E-state index in [1.165, 1.54) is 35.4 Å². The van der Waals surface area contributed by atoms with Crippen LogP contribution in [0.2, 0.25) is 0 Å². The van der Waals surface area contributed by atoms with E-state index in [-0.39, 0.29) is 17.7 Å². The Morgan fingerprint density at radius 1 is 0.941 bits per heavy atom. The Kier molecular flexibility index (Phi) is 6.33. The maximum Gasteiger partial charge on any atom is 0.319 e. The zero-order chi connectivity index (χ0) is 23.5. The molecule has 1 aliphatic carbocycles. The van der Waals surface area contributed by atoms with E-state index in [1.54, 1.807) is 12.1 Å². The van der Waals surface area contributed by atoms with Gasteiger partial charge in [0.05, 0.1) is 5.54 Å². The summed E-state index contributed by atoms with van der Waals surface area (Å²) < 4.78 is 26.9. The number of anilines is 1.